The standard InChI is InChI=1S/C23H31N5O3/c1-8-10-17(27-22(30)31-23(4,5)6)18-13-16(11-12-24-18)20-19(14-25-28(20)7)26-21(29)15(3)9-2/h8-9,11-15,17H,1-2,10H2,3-7H3,(H,26,29)(H,27,30)/t15-,17+/m1/s1/i7D3. The molecule has 0 saturated carbocycles. The molecular weight excluding hydrogens is 394 g/mol. The van der Waals surface area contributed by atoms with Crippen molar-refractivity contribution in [3.8, 4) is 11.3 Å². The number of anilines is 1. The smallest absolute Gasteiger partial charge is 0.408 e. The van der Waals surface area contributed by atoms with Gasteiger partial charge in [0.2, 0.25) is 5.91 Å². The van der Waals surface area contributed by atoms with Crippen molar-refractivity contribution in [3.63, 3.8) is 0 Å². The third kappa shape index (κ3) is 6.53. The van der Waals surface area contributed by atoms with E-state index in [0.717, 1.165) is 4.68 Å². The number of carbonyl (C=O) groups is 2. The topological polar surface area (TPSA) is 98.1 Å². The first kappa shape index (κ1) is 19.5. The highest BCUT2D eigenvalue weighted by atomic mass is 16.6. The summed E-state index contributed by atoms with van der Waals surface area (Å²) in [6.45, 7) is 11.7. The highest BCUT2D eigenvalue weighted by Crippen LogP contribution is 2.29. The molecule has 0 aliphatic carbocycles. The number of nitrogens with zero attached hydrogens (tertiary/aromatic N) is 3. The molecule has 0 spiro atoms. The predicted molar refractivity (Wildman–Crippen MR) is 121 cm³/mol. The van der Waals surface area contributed by atoms with Gasteiger partial charge in [0, 0.05) is 22.8 Å². The van der Waals surface area contributed by atoms with E-state index in [0.29, 0.717) is 17.7 Å². The first-order valence-corrected chi connectivity index (χ1v) is 9.85. The van der Waals surface area contributed by atoms with Crippen molar-refractivity contribution >= 4 is 17.7 Å². The van der Waals surface area contributed by atoms with Gasteiger partial charge >= 0.3 is 6.09 Å². The number of aromatic nitrogens is 3. The first-order chi connectivity index (χ1) is 15.8. The average Bonchev–Trinajstić information content (AvgIpc) is 3.15. The van der Waals surface area contributed by atoms with Crippen molar-refractivity contribution in [1.29, 1.82) is 0 Å². The van der Waals surface area contributed by atoms with Crippen LogP contribution in [0.1, 0.15) is 50.0 Å². The summed E-state index contributed by atoms with van der Waals surface area (Å²) in [6, 6.07) is 2.67. The van der Waals surface area contributed by atoms with Crippen LogP contribution < -0.4 is 10.6 Å². The van der Waals surface area contributed by atoms with Gasteiger partial charge in [-0.05, 0) is 39.3 Å². The maximum atomic E-state index is 12.4. The molecule has 0 fully saturated rings. The van der Waals surface area contributed by atoms with Crippen LogP contribution in [0.25, 0.3) is 11.3 Å². The fourth-order valence-electron chi connectivity index (χ4n) is 2.73. The van der Waals surface area contributed by atoms with Crippen LogP contribution in [-0.4, -0.2) is 32.4 Å². The van der Waals surface area contributed by atoms with Gasteiger partial charge in [-0.3, -0.25) is 14.5 Å². The molecule has 8 nitrogen and oxygen atoms in total. The van der Waals surface area contributed by atoms with Crippen LogP contribution >= 0.6 is 0 Å². The number of rotatable bonds is 8. The van der Waals surface area contributed by atoms with Crippen molar-refractivity contribution < 1.29 is 18.4 Å². The Kier molecular flexibility index (Phi) is 6.34. The van der Waals surface area contributed by atoms with Gasteiger partial charge < -0.3 is 15.4 Å². The Balaban J connectivity index is 2.50. The Bertz CT molecular complexity index is 1060. The number of hydrogen-bond acceptors (Lipinski definition) is 5. The van der Waals surface area contributed by atoms with Gasteiger partial charge in [-0.25, -0.2) is 4.79 Å². The fourth-order valence-corrected chi connectivity index (χ4v) is 2.73. The van der Waals surface area contributed by atoms with Crippen LogP contribution in [-0.2, 0) is 16.5 Å². The largest absolute Gasteiger partial charge is 0.444 e. The van der Waals surface area contributed by atoms with Gasteiger partial charge in [-0.2, -0.15) is 5.10 Å². The molecular formula is C23H31N5O3. The summed E-state index contributed by atoms with van der Waals surface area (Å²) >= 11 is 0. The van der Waals surface area contributed by atoms with Crippen molar-refractivity contribution in [2.45, 2.75) is 45.8 Å². The summed E-state index contributed by atoms with van der Waals surface area (Å²) in [5.41, 5.74) is 0.633. The second kappa shape index (κ2) is 10.1. The number of hydrogen-bond donors (Lipinski definition) is 2. The van der Waals surface area contributed by atoms with E-state index in [-0.39, 0.29) is 17.3 Å². The highest BCUT2D eigenvalue weighted by Gasteiger charge is 2.22. The van der Waals surface area contributed by atoms with Crippen molar-refractivity contribution in [2.24, 2.45) is 12.9 Å². The van der Waals surface area contributed by atoms with Crippen LogP contribution in [0.15, 0.2) is 49.8 Å². The molecule has 2 aromatic heterocycles. The zero-order chi connectivity index (χ0) is 25.7. The van der Waals surface area contributed by atoms with E-state index >= 15 is 0 Å². The average molecular weight is 429 g/mol. The molecule has 2 heterocycles. The Morgan fingerprint density at radius 3 is 2.74 bits per heavy atom. The van der Waals surface area contributed by atoms with Crippen LogP contribution in [0.5, 0.6) is 0 Å². The normalized spacial score (nSPS) is 14.9. The van der Waals surface area contributed by atoms with Gasteiger partial charge in [0.1, 0.15) is 5.60 Å². The maximum absolute atomic E-state index is 12.4. The van der Waals surface area contributed by atoms with Gasteiger partial charge in [-0.1, -0.05) is 19.1 Å². The monoisotopic (exact) mass is 428 g/mol. The lowest BCUT2D eigenvalue weighted by atomic mass is 10.0. The summed E-state index contributed by atoms with van der Waals surface area (Å²) in [7, 11) is 0. The Labute approximate surface area is 187 Å². The van der Waals surface area contributed by atoms with E-state index in [1.54, 1.807) is 45.9 Å². The number of pyridine rings is 1. The molecule has 0 bridgehead atoms. The molecule has 31 heavy (non-hydrogen) atoms. The van der Waals surface area contributed by atoms with Crippen LogP contribution in [0.3, 0.4) is 0 Å². The first-order valence-electron chi connectivity index (χ1n) is 11.4. The lowest BCUT2D eigenvalue weighted by Gasteiger charge is -2.23. The highest BCUT2D eigenvalue weighted by molar-refractivity contribution is 5.96. The molecule has 8 heteroatoms. The Morgan fingerprint density at radius 1 is 1.39 bits per heavy atom. The molecule has 2 atom stereocenters. The lowest BCUT2D eigenvalue weighted by Crippen LogP contribution is -2.35. The zero-order valence-corrected chi connectivity index (χ0v) is 18.3. The molecule has 2 rings (SSSR count). The molecule has 2 amide bonds. The van der Waals surface area contributed by atoms with E-state index in [9.17, 15) is 9.59 Å². The second-order valence-electron chi connectivity index (χ2n) is 8.02. The van der Waals surface area contributed by atoms with Gasteiger partial charge in [0.05, 0.1) is 35.2 Å². The van der Waals surface area contributed by atoms with Gasteiger partial charge in [0.15, 0.2) is 0 Å². The number of alkyl carbamates (subject to hydrolysis) is 1. The quantitative estimate of drug-likeness (QED) is 0.608. The SMILES string of the molecule is [2H]C([2H])([2H])n1ncc(NC(=O)[C@H](C)C=C)c1-c1ccnc([C@H](CC=C)NC(=O)OC(C)(C)C)c1. The summed E-state index contributed by atoms with van der Waals surface area (Å²) in [5.74, 6) is -0.848. The van der Waals surface area contributed by atoms with Crippen LogP contribution in [0.2, 0.25) is 0 Å². The van der Waals surface area contributed by atoms with Gasteiger partial charge in [-0.15, -0.1) is 13.2 Å². The van der Waals surface area contributed by atoms with Crippen LogP contribution in [0.4, 0.5) is 10.5 Å². The summed E-state index contributed by atoms with van der Waals surface area (Å²) < 4.78 is 29.8. The molecule has 2 aromatic rings. The molecule has 0 aliphatic heterocycles. The van der Waals surface area contributed by atoms with E-state index in [4.69, 9.17) is 8.85 Å². The molecule has 2 N–H and O–H groups in total. The third-order valence-corrected chi connectivity index (χ3v) is 4.30. The summed E-state index contributed by atoms with van der Waals surface area (Å²) in [5, 5.41) is 9.47. The van der Waals surface area contributed by atoms with Crippen molar-refractivity contribution in [2.75, 3.05) is 5.32 Å². The molecule has 0 aromatic carbocycles. The number of carbonyl (C=O) groups excluding carboxylic acids is 2. The molecule has 0 saturated heterocycles. The minimum absolute atomic E-state index is 0.183. The Hall–Kier alpha value is -3.42. The minimum Gasteiger partial charge on any atom is -0.444 e. The van der Waals surface area contributed by atoms with E-state index in [2.05, 4.69) is 33.9 Å². The second-order valence-corrected chi connectivity index (χ2v) is 8.02. The number of ether oxygens (including phenoxy) is 1. The number of aryl methyl sites for hydroxylation is 1. The zero-order valence-electron chi connectivity index (χ0n) is 21.3. The van der Waals surface area contributed by atoms with E-state index in [1.807, 2.05) is 0 Å². The van der Waals surface area contributed by atoms with Gasteiger partial charge in [0.25, 0.3) is 0 Å². The summed E-state index contributed by atoms with van der Waals surface area (Å²) in [4.78, 5) is 29.1. The third-order valence-electron chi connectivity index (χ3n) is 4.30. The van der Waals surface area contributed by atoms with Crippen molar-refractivity contribution in [1.82, 2.24) is 20.1 Å². The predicted octanol–water partition coefficient (Wildman–Crippen LogP) is 4.38. The van der Waals surface area contributed by atoms with Crippen molar-refractivity contribution in [3.05, 3.63) is 55.5 Å². The van der Waals surface area contributed by atoms with Crippen LogP contribution in [0, 0.1) is 5.92 Å². The molecule has 0 radical (unpaired) electrons. The van der Waals surface area contributed by atoms with E-state index in [1.165, 1.54) is 18.5 Å². The molecule has 0 unspecified atom stereocenters. The summed E-state index contributed by atoms with van der Waals surface area (Å²) in [6.07, 6.45) is 5.63. The molecule has 0 aliphatic rings. The maximum Gasteiger partial charge on any atom is 0.408 e. The fraction of sp³-hybridized carbons (Fsp3) is 0.391. The minimum atomic E-state index is -2.60. The Morgan fingerprint density at radius 2 is 2.13 bits per heavy atom. The van der Waals surface area contributed by atoms with E-state index < -0.39 is 30.6 Å². The lowest BCUT2D eigenvalue weighted by molar-refractivity contribution is -0.118. The number of nitrogens with one attached hydrogen (secondary N) is 2. The number of amides is 2. The molecule has 166 valence electrons.